The molecule has 0 spiro atoms. The van der Waals surface area contributed by atoms with E-state index in [9.17, 15) is 0 Å². The van der Waals surface area contributed by atoms with Crippen molar-refractivity contribution in [2.75, 3.05) is 44.9 Å². The summed E-state index contributed by atoms with van der Waals surface area (Å²) in [4.78, 5) is 9.34. The van der Waals surface area contributed by atoms with Crippen LogP contribution in [-0.4, -0.2) is 75.3 Å². The second kappa shape index (κ2) is 11.6. The first-order valence-corrected chi connectivity index (χ1v) is 14.7. The Morgan fingerprint density at radius 2 is 1.65 bits per heavy atom. The lowest BCUT2D eigenvalue weighted by Crippen LogP contribution is -2.50. The van der Waals surface area contributed by atoms with Crippen LogP contribution in [0.1, 0.15) is 23.9 Å². The zero-order chi connectivity index (χ0) is 29.2. The van der Waals surface area contributed by atoms with Gasteiger partial charge in [0, 0.05) is 37.9 Å². The highest BCUT2D eigenvalue weighted by atomic mass is 16.5. The van der Waals surface area contributed by atoms with Crippen LogP contribution in [0.5, 0.6) is 11.5 Å². The van der Waals surface area contributed by atoms with Crippen LogP contribution in [0.25, 0.3) is 16.9 Å². The molecule has 43 heavy (non-hydrogen) atoms. The zero-order valence-corrected chi connectivity index (χ0v) is 24.5. The maximum atomic E-state index is 6.59. The highest BCUT2D eigenvalue weighted by Gasteiger charge is 2.38. The van der Waals surface area contributed by atoms with Gasteiger partial charge in [0.15, 0.2) is 23.0 Å². The average Bonchev–Trinajstić information content (AvgIpc) is 3.43. The quantitative estimate of drug-likeness (QED) is 0.266. The molecule has 1 unspecified atom stereocenters. The van der Waals surface area contributed by atoms with Crippen LogP contribution in [0.15, 0.2) is 79.0 Å². The van der Waals surface area contributed by atoms with Crippen LogP contribution in [0.2, 0.25) is 0 Å². The van der Waals surface area contributed by atoms with Gasteiger partial charge in [-0.3, -0.25) is 4.90 Å². The molecule has 7 rings (SSSR count). The van der Waals surface area contributed by atoms with Gasteiger partial charge in [0.2, 0.25) is 0 Å². The number of benzene rings is 2. The minimum absolute atomic E-state index is 0.524. The number of rotatable bonds is 8. The van der Waals surface area contributed by atoms with Crippen molar-refractivity contribution in [3.8, 4) is 22.8 Å². The molecule has 5 heterocycles. The van der Waals surface area contributed by atoms with Gasteiger partial charge in [-0.2, -0.15) is 9.61 Å². The molecular formula is C33H35N7O3. The number of hydrogen-bond donors (Lipinski definition) is 0. The molecule has 0 amide bonds. The van der Waals surface area contributed by atoms with Gasteiger partial charge in [-0.1, -0.05) is 36.4 Å². The number of anilines is 1. The number of ether oxygens (including phenoxy) is 3. The van der Waals surface area contributed by atoms with E-state index in [-0.39, 0.29) is 0 Å². The summed E-state index contributed by atoms with van der Waals surface area (Å²) in [5.74, 6) is 3.17. The Labute approximate surface area is 250 Å². The van der Waals surface area contributed by atoms with Gasteiger partial charge in [0.1, 0.15) is 11.4 Å². The highest BCUT2D eigenvalue weighted by molar-refractivity contribution is 5.61. The molecular weight excluding hydrogens is 542 g/mol. The molecule has 10 nitrogen and oxygen atoms in total. The topological polar surface area (TPSA) is 90.1 Å². The van der Waals surface area contributed by atoms with Crippen LogP contribution in [-0.2, 0) is 24.2 Å². The van der Waals surface area contributed by atoms with Gasteiger partial charge >= 0.3 is 0 Å². The minimum Gasteiger partial charge on any atom is -0.497 e. The van der Waals surface area contributed by atoms with Gasteiger partial charge in [-0.15, -0.1) is 10.2 Å². The van der Waals surface area contributed by atoms with E-state index >= 15 is 0 Å². The van der Waals surface area contributed by atoms with Crippen molar-refractivity contribution >= 4 is 11.5 Å². The molecule has 220 valence electrons. The summed E-state index contributed by atoms with van der Waals surface area (Å²) in [5.41, 5.74) is 4.50. The number of morpholine rings is 1. The van der Waals surface area contributed by atoms with Gasteiger partial charge in [-0.25, -0.2) is 4.98 Å². The third kappa shape index (κ3) is 5.89. The summed E-state index contributed by atoms with van der Waals surface area (Å²) in [6, 6.07) is 24.6. The van der Waals surface area contributed by atoms with Crippen LogP contribution in [0, 0.1) is 0 Å². The van der Waals surface area contributed by atoms with E-state index < -0.39 is 5.60 Å². The molecule has 0 bridgehead atoms. The predicted octanol–water partition coefficient (Wildman–Crippen LogP) is 4.43. The molecule has 2 aromatic carbocycles. The SMILES string of the molecule is COc1ccc(CN2CC(C)(Cc3nnc4ccc(-c5ccc(CN6CCOCC6)cc5)nn34)Oc3cccnc32)cc1. The largest absolute Gasteiger partial charge is 0.497 e. The third-order valence-corrected chi connectivity index (χ3v) is 8.08. The second-order valence-electron chi connectivity index (χ2n) is 11.4. The molecule has 1 atom stereocenters. The van der Waals surface area contributed by atoms with E-state index in [0.29, 0.717) is 25.2 Å². The summed E-state index contributed by atoms with van der Waals surface area (Å²) < 4.78 is 19.3. The number of methoxy groups -OCH3 is 1. The Bertz CT molecular complexity index is 1700. The Morgan fingerprint density at radius 3 is 2.44 bits per heavy atom. The second-order valence-corrected chi connectivity index (χ2v) is 11.4. The van der Waals surface area contributed by atoms with Crippen molar-refractivity contribution < 1.29 is 14.2 Å². The molecule has 0 N–H and O–H groups in total. The van der Waals surface area contributed by atoms with E-state index in [0.717, 1.165) is 72.8 Å². The fourth-order valence-electron chi connectivity index (χ4n) is 5.88. The molecule has 5 aromatic rings. The number of aromatic nitrogens is 5. The Hall–Kier alpha value is -4.54. The lowest BCUT2D eigenvalue weighted by molar-refractivity contribution is 0.0342. The van der Waals surface area contributed by atoms with E-state index in [4.69, 9.17) is 19.3 Å². The van der Waals surface area contributed by atoms with Crippen molar-refractivity contribution in [1.29, 1.82) is 0 Å². The lowest BCUT2D eigenvalue weighted by Gasteiger charge is -2.41. The summed E-state index contributed by atoms with van der Waals surface area (Å²) >= 11 is 0. The van der Waals surface area contributed by atoms with E-state index in [1.54, 1.807) is 13.3 Å². The molecule has 10 heteroatoms. The molecule has 0 saturated carbocycles. The van der Waals surface area contributed by atoms with Crippen LogP contribution >= 0.6 is 0 Å². The van der Waals surface area contributed by atoms with E-state index in [1.165, 1.54) is 5.56 Å². The van der Waals surface area contributed by atoms with Crippen LogP contribution in [0.3, 0.4) is 0 Å². The maximum Gasteiger partial charge on any atom is 0.177 e. The van der Waals surface area contributed by atoms with Crippen molar-refractivity contribution in [2.45, 2.75) is 32.0 Å². The van der Waals surface area contributed by atoms with Crippen LogP contribution < -0.4 is 14.4 Å². The zero-order valence-electron chi connectivity index (χ0n) is 24.5. The average molecular weight is 578 g/mol. The molecule has 1 fully saturated rings. The van der Waals surface area contributed by atoms with Gasteiger partial charge in [-0.05, 0) is 54.4 Å². The monoisotopic (exact) mass is 577 g/mol. The molecule has 2 aliphatic heterocycles. The summed E-state index contributed by atoms with van der Waals surface area (Å²) in [6.45, 7) is 7.91. The van der Waals surface area contributed by atoms with Crippen LogP contribution in [0.4, 0.5) is 5.82 Å². The van der Waals surface area contributed by atoms with Gasteiger partial charge < -0.3 is 19.1 Å². The maximum absolute atomic E-state index is 6.59. The predicted molar refractivity (Wildman–Crippen MR) is 163 cm³/mol. The van der Waals surface area contributed by atoms with Crippen molar-refractivity contribution in [3.05, 3.63) is 95.9 Å². The first kappa shape index (κ1) is 27.3. The molecule has 1 saturated heterocycles. The smallest absolute Gasteiger partial charge is 0.177 e. The van der Waals surface area contributed by atoms with Crippen molar-refractivity contribution in [3.63, 3.8) is 0 Å². The number of fused-ring (bicyclic) bond motifs is 2. The third-order valence-electron chi connectivity index (χ3n) is 8.08. The summed E-state index contributed by atoms with van der Waals surface area (Å²) in [6.07, 6.45) is 2.33. The minimum atomic E-state index is -0.579. The fraction of sp³-hybridized carbons (Fsp3) is 0.333. The summed E-state index contributed by atoms with van der Waals surface area (Å²) in [5, 5.41) is 13.9. The van der Waals surface area contributed by atoms with Gasteiger partial charge in [0.25, 0.3) is 0 Å². The molecule has 2 aliphatic rings. The standard InChI is InChI=1S/C33H35N7O3/c1-33(23-39(32-29(43-33)4-3-15-34-32)22-25-7-11-27(41-2)12-8-25)20-31-36-35-30-14-13-28(37-40(30)31)26-9-5-24(6-10-26)21-38-16-18-42-19-17-38/h3-15H,16-23H2,1-2H3. The molecule has 0 aliphatic carbocycles. The van der Waals surface area contributed by atoms with E-state index in [1.807, 2.05) is 40.9 Å². The fourth-order valence-corrected chi connectivity index (χ4v) is 5.88. The lowest BCUT2D eigenvalue weighted by atomic mass is 9.98. The van der Waals surface area contributed by atoms with Gasteiger partial charge in [0.05, 0.1) is 39.0 Å². The Kier molecular flexibility index (Phi) is 7.38. The first-order valence-electron chi connectivity index (χ1n) is 14.7. The Morgan fingerprint density at radius 1 is 0.884 bits per heavy atom. The van der Waals surface area contributed by atoms with E-state index in [2.05, 4.69) is 68.3 Å². The first-order chi connectivity index (χ1) is 21.0. The molecule has 3 aromatic heterocycles. The Balaban J connectivity index is 1.12. The highest BCUT2D eigenvalue weighted by Crippen LogP contribution is 2.37. The molecule has 0 radical (unpaired) electrons. The number of nitrogens with zero attached hydrogens (tertiary/aromatic N) is 7. The number of pyridine rings is 1. The van der Waals surface area contributed by atoms with Crippen molar-refractivity contribution in [2.24, 2.45) is 0 Å². The number of hydrogen-bond acceptors (Lipinski definition) is 9. The summed E-state index contributed by atoms with van der Waals surface area (Å²) in [7, 11) is 1.68. The van der Waals surface area contributed by atoms with Crippen molar-refractivity contribution in [1.82, 2.24) is 29.7 Å². The normalized spacial score (nSPS) is 18.8.